The lowest BCUT2D eigenvalue weighted by molar-refractivity contribution is 0.154. The van der Waals surface area contributed by atoms with E-state index in [2.05, 4.69) is 35.2 Å². The number of rotatable bonds is 6. The zero-order valence-corrected chi connectivity index (χ0v) is 14.5. The van der Waals surface area contributed by atoms with Gasteiger partial charge in [0.05, 0.1) is 0 Å². The molecule has 0 aromatic heterocycles. The molecule has 1 fully saturated rings. The average molecular weight is 339 g/mol. The van der Waals surface area contributed by atoms with Crippen molar-refractivity contribution in [2.24, 2.45) is 5.92 Å². The second-order valence-corrected chi connectivity index (χ2v) is 6.84. The predicted molar refractivity (Wildman–Crippen MR) is 97.4 cm³/mol. The van der Waals surface area contributed by atoms with Gasteiger partial charge in [0.25, 0.3) is 0 Å². The molecule has 0 radical (unpaired) electrons. The molecule has 0 spiro atoms. The van der Waals surface area contributed by atoms with E-state index in [1.165, 1.54) is 37.9 Å². The van der Waals surface area contributed by atoms with Crippen molar-refractivity contribution in [1.29, 1.82) is 0 Å². The first-order chi connectivity index (χ1) is 12.4. The molecule has 0 saturated carbocycles. The summed E-state index contributed by atoms with van der Waals surface area (Å²) in [6.45, 7) is 4.33. The molecule has 2 aromatic rings. The Bertz CT molecular complexity index is 681. The van der Waals surface area contributed by atoms with Crippen LogP contribution >= 0.6 is 0 Å². The third-order valence-electron chi connectivity index (χ3n) is 5.09. The maximum Gasteiger partial charge on any atom is 0.231 e. The van der Waals surface area contributed by atoms with Crippen molar-refractivity contribution in [2.45, 2.75) is 19.3 Å². The topological polar surface area (TPSA) is 30.9 Å². The number of benzene rings is 2. The van der Waals surface area contributed by atoms with Gasteiger partial charge in [-0.15, -0.1) is 0 Å². The van der Waals surface area contributed by atoms with Crippen LogP contribution in [0.15, 0.2) is 48.5 Å². The van der Waals surface area contributed by atoms with Crippen LogP contribution in [0.25, 0.3) is 0 Å². The molecule has 0 N–H and O–H groups in total. The largest absolute Gasteiger partial charge is 0.492 e. The van der Waals surface area contributed by atoms with Crippen molar-refractivity contribution in [3.8, 4) is 17.2 Å². The Kier molecular flexibility index (Phi) is 5.07. The van der Waals surface area contributed by atoms with Crippen molar-refractivity contribution < 1.29 is 14.2 Å². The highest BCUT2D eigenvalue weighted by Crippen LogP contribution is 2.35. The molecule has 4 nitrogen and oxygen atoms in total. The first kappa shape index (κ1) is 16.3. The average Bonchev–Trinajstić information content (AvgIpc) is 3.12. The Morgan fingerprint density at radius 3 is 2.60 bits per heavy atom. The van der Waals surface area contributed by atoms with E-state index < -0.39 is 0 Å². The van der Waals surface area contributed by atoms with Crippen LogP contribution in [0.3, 0.4) is 0 Å². The van der Waals surface area contributed by atoms with Crippen LogP contribution in [0.5, 0.6) is 17.2 Å². The second kappa shape index (κ2) is 7.79. The summed E-state index contributed by atoms with van der Waals surface area (Å²) in [5, 5.41) is 0. The van der Waals surface area contributed by atoms with E-state index in [9.17, 15) is 0 Å². The normalized spacial score (nSPS) is 17.6. The monoisotopic (exact) mass is 339 g/mol. The van der Waals surface area contributed by atoms with E-state index in [1.807, 2.05) is 18.2 Å². The number of ether oxygens (including phenoxy) is 3. The molecule has 0 bridgehead atoms. The van der Waals surface area contributed by atoms with Crippen LogP contribution in [-0.4, -0.2) is 37.9 Å². The smallest absolute Gasteiger partial charge is 0.231 e. The summed E-state index contributed by atoms with van der Waals surface area (Å²) in [7, 11) is 0. The fourth-order valence-corrected chi connectivity index (χ4v) is 3.62. The van der Waals surface area contributed by atoms with Gasteiger partial charge in [-0.2, -0.15) is 0 Å². The lowest BCUT2D eigenvalue weighted by Crippen LogP contribution is -2.37. The maximum absolute atomic E-state index is 5.88. The number of likely N-dealkylation sites (tertiary alicyclic amines) is 1. The van der Waals surface area contributed by atoms with E-state index in [-0.39, 0.29) is 0 Å². The highest BCUT2D eigenvalue weighted by atomic mass is 16.7. The molecule has 0 aliphatic carbocycles. The van der Waals surface area contributed by atoms with Gasteiger partial charge in [0, 0.05) is 12.6 Å². The lowest BCUT2D eigenvalue weighted by atomic mass is 9.90. The Hall–Kier alpha value is -2.20. The van der Waals surface area contributed by atoms with E-state index in [1.54, 1.807) is 0 Å². The minimum atomic E-state index is 0.302. The van der Waals surface area contributed by atoms with Crippen molar-refractivity contribution >= 4 is 0 Å². The van der Waals surface area contributed by atoms with Crippen LogP contribution in [0.1, 0.15) is 18.4 Å². The van der Waals surface area contributed by atoms with Crippen LogP contribution in [0.4, 0.5) is 0 Å². The molecular weight excluding hydrogens is 314 g/mol. The molecule has 0 amide bonds. The number of fused-ring (bicyclic) bond motifs is 1. The summed E-state index contributed by atoms with van der Waals surface area (Å²) in [5.74, 6) is 3.24. The summed E-state index contributed by atoms with van der Waals surface area (Å²) >= 11 is 0. The summed E-state index contributed by atoms with van der Waals surface area (Å²) in [5.41, 5.74) is 1.46. The van der Waals surface area contributed by atoms with Gasteiger partial charge >= 0.3 is 0 Å². The third-order valence-corrected chi connectivity index (χ3v) is 5.09. The van der Waals surface area contributed by atoms with E-state index in [0.717, 1.165) is 29.7 Å². The summed E-state index contributed by atoms with van der Waals surface area (Å²) < 4.78 is 16.6. The number of piperidine rings is 1. The quantitative estimate of drug-likeness (QED) is 0.802. The molecule has 2 aliphatic rings. The standard InChI is InChI=1S/C21H25NO3/c1-2-4-17(5-3-1)14-18-8-10-22(11-9-18)12-13-23-19-6-7-20-21(15-19)25-16-24-20/h1-7,15,18H,8-14,16H2. The zero-order chi connectivity index (χ0) is 16.9. The molecule has 0 atom stereocenters. The van der Waals surface area contributed by atoms with Gasteiger partial charge in [0.2, 0.25) is 6.79 Å². The molecule has 2 heterocycles. The number of hydrogen-bond donors (Lipinski definition) is 0. The maximum atomic E-state index is 5.88. The van der Waals surface area contributed by atoms with E-state index >= 15 is 0 Å². The Morgan fingerprint density at radius 2 is 1.76 bits per heavy atom. The highest BCUT2D eigenvalue weighted by Gasteiger charge is 2.19. The van der Waals surface area contributed by atoms with Crippen LogP contribution in [-0.2, 0) is 6.42 Å². The molecule has 2 aromatic carbocycles. The Labute approximate surface area is 149 Å². The van der Waals surface area contributed by atoms with Crippen molar-refractivity contribution in [3.05, 3.63) is 54.1 Å². The van der Waals surface area contributed by atoms with Crippen molar-refractivity contribution in [2.75, 3.05) is 33.0 Å². The van der Waals surface area contributed by atoms with Gasteiger partial charge in [-0.25, -0.2) is 0 Å². The summed E-state index contributed by atoms with van der Waals surface area (Å²) in [6, 6.07) is 16.6. The van der Waals surface area contributed by atoms with E-state index in [0.29, 0.717) is 13.4 Å². The van der Waals surface area contributed by atoms with Gasteiger partial charge < -0.3 is 14.2 Å². The minimum Gasteiger partial charge on any atom is -0.492 e. The van der Waals surface area contributed by atoms with Crippen molar-refractivity contribution in [1.82, 2.24) is 4.90 Å². The SMILES string of the molecule is c1ccc(CC2CCN(CCOc3ccc4c(c3)OCO4)CC2)cc1. The molecule has 25 heavy (non-hydrogen) atoms. The van der Waals surface area contributed by atoms with Gasteiger partial charge in [0.15, 0.2) is 11.5 Å². The van der Waals surface area contributed by atoms with Crippen molar-refractivity contribution in [3.63, 3.8) is 0 Å². The first-order valence-corrected chi connectivity index (χ1v) is 9.15. The summed E-state index contributed by atoms with van der Waals surface area (Å²) in [6.07, 6.45) is 3.76. The zero-order valence-electron chi connectivity index (χ0n) is 14.5. The molecular formula is C21H25NO3. The first-order valence-electron chi connectivity index (χ1n) is 9.15. The van der Waals surface area contributed by atoms with Gasteiger partial charge in [-0.1, -0.05) is 30.3 Å². The minimum absolute atomic E-state index is 0.302. The van der Waals surface area contributed by atoms with Gasteiger partial charge in [-0.3, -0.25) is 4.90 Å². The van der Waals surface area contributed by atoms with Crippen LogP contribution < -0.4 is 14.2 Å². The molecule has 132 valence electrons. The number of nitrogens with zero attached hydrogens (tertiary/aromatic N) is 1. The summed E-state index contributed by atoms with van der Waals surface area (Å²) in [4.78, 5) is 2.51. The van der Waals surface area contributed by atoms with Crippen LogP contribution in [0.2, 0.25) is 0 Å². The molecule has 2 aliphatic heterocycles. The number of hydrogen-bond acceptors (Lipinski definition) is 4. The third kappa shape index (κ3) is 4.26. The Morgan fingerprint density at radius 1 is 0.960 bits per heavy atom. The Balaban J connectivity index is 1.18. The van der Waals surface area contributed by atoms with Gasteiger partial charge in [-0.05, 0) is 56.0 Å². The molecule has 1 saturated heterocycles. The van der Waals surface area contributed by atoms with Crippen LogP contribution in [0, 0.1) is 5.92 Å². The molecule has 4 heteroatoms. The fraction of sp³-hybridized carbons (Fsp3) is 0.429. The van der Waals surface area contributed by atoms with Gasteiger partial charge in [0.1, 0.15) is 12.4 Å². The predicted octanol–water partition coefficient (Wildman–Crippen LogP) is 3.75. The van der Waals surface area contributed by atoms with E-state index in [4.69, 9.17) is 14.2 Å². The fourth-order valence-electron chi connectivity index (χ4n) is 3.62. The molecule has 4 rings (SSSR count). The highest BCUT2D eigenvalue weighted by molar-refractivity contribution is 5.46. The molecule has 0 unspecified atom stereocenters. The lowest BCUT2D eigenvalue weighted by Gasteiger charge is -2.31. The second-order valence-electron chi connectivity index (χ2n) is 6.84.